The monoisotopic (exact) mass is 372 g/mol. The number of benzene rings is 2. The van der Waals surface area contributed by atoms with E-state index >= 15 is 0 Å². The van der Waals surface area contributed by atoms with E-state index in [1.807, 2.05) is 37.3 Å². The van der Waals surface area contributed by atoms with E-state index in [9.17, 15) is 13.2 Å². The molecule has 0 spiro atoms. The van der Waals surface area contributed by atoms with Crippen molar-refractivity contribution in [1.29, 1.82) is 0 Å². The quantitative estimate of drug-likeness (QED) is 0.809. The average Bonchev–Trinajstić information content (AvgIpc) is 2.66. The molecule has 3 rings (SSSR count). The molecule has 0 atom stereocenters. The molecule has 5 nitrogen and oxygen atoms in total. The summed E-state index contributed by atoms with van der Waals surface area (Å²) in [6.07, 6.45) is 1.57. The van der Waals surface area contributed by atoms with Crippen LogP contribution in [0.2, 0.25) is 0 Å². The molecular weight excluding hydrogens is 348 g/mol. The standard InChI is InChI=1S/C20H24N2O3S/c1-2-21(16-17-8-4-3-5-9-17)20(23)18-10-12-19(13-11-18)22-14-6-7-15-26(22,24)25/h3-5,8-13H,2,6-7,14-16H2,1H3. The molecule has 1 fully saturated rings. The number of sulfonamides is 1. The summed E-state index contributed by atoms with van der Waals surface area (Å²) in [5.74, 6) is 0.137. The van der Waals surface area contributed by atoms with Gasteiger partial charge < -0.3 is 4.90 Å². The molecule has 138 valence electrons. The Labute approximate surface area is 155 Å². The van der Waals surface area contributed by atoms with Crippen molar-refractivity contribution in [3.05, 3.63) is 65.7 Å². The van der Waals surface area contributed by atoms with E-state index in [1.54, 1.807) is 29.2 Å². The van der Waals surface area contributed by atoms with E-state index in [0.29, 0.717) is 37.3 Å². The Balaban J connectivity index is 1.75. The summed E-state index contributed by atoms with van der Waals surface area (Å²) in [7, 11) is -3.23. The summed E-state index contributed by atoms with van der Waals surface area (Å²) in [5.41, 5.74) is 2.28. The molecule has 1 aliphatic rings. The number of amides is 1. The number of hydrogen-bond acceptors (Lipinski definition) is 3. The van der Waals surface area contributed by atoms with Crippen LogP contribution < -0.4 is 4.31 Å². The molecule has 1 amide bonds. The summed E-state index contributed by atoms with van der Waals surface area (Å²) in [6, 6.07) is 16.8. The number of nitrogens with zero attached hydrogens (tertiary/aromatic N) is 2. The minimum absolute atomic E-state index is 0.0515. The lowest BCUT2D eigenvalue weighted by Gasteiger charge is -2.28. The first-order valence-corrected chi connectivity index (χ1v) is 10.6. The van der Waals surface area contributed by atoms with E-state index in [1.165, 1.54) is 4.31 Å². The van der Waals surface area contributed by atoms with Gasteiger partial charge in [0.25, 0.3) is 5.91 Å². The Kier molecular flexibility index (Phi) is 5.61. The minimum atomic E-state index is -3.23. The van der Waals surface area contributed by atoms with Crippen LogP contribution in [0.15, 0.2) is 54.6 Å². The van der Waals surface area contributed by atoms with Crippen molar-refractivity contribution in [3.63, 3.8) is 0 Å². The van der Waals surface area contributed by atoms with Crippen LogP contribution in [0.4, 0.5) is 5.69 Å². The van der Waals surface area contributed by atoms with Crippen molar-refractivity contribution in [3.8, 4) is 0 Å². The second kappa shape index (κ2) is 7.91. The molecule has 0 aliphatic carbocycles. The lowest BCUT2D eigenvalue weighted by atomic mass is 10.1. The van der Waals surface area contributed by atoms with Crippen LogP contribution in [0.25, 0.3) is 0 Å². The lowest BCUT2D eigenvalue weighted by Crippen LogP contribution is -2.37. The van der Waals surface area contributed by atoms with Crippen LogP contribution in [-0.2, 0) is 16.6 Å². The molecule has 26 heavy (non-hydrogen) atoms. The van der Waals surface area contributed by atoms with Gasteiger partial charge in [-0.25, -0.2) is 8.42 Å². The van der Waals surface area contributed by atoms with E-state index < -0.39 is 10.0 Å². The van der Waals surface area contributed by atoms with Crippen LogP contribution in [0.3, 0.4) is 0 Å². The normalized spacial score (nSPS) is 16.3. The van der Waals surface area contributed by atoms with Gasteiger partial charge in [0.05, 0.1) is 11.4 Å². The molecule has 0 saturated carbocycles. The number of anilines is 1. The first-order chi connectivity index (χ1) is 12.5. The maximum atomic E-state index is 12.8. The second-order valence-corrected chi connectivity index (χ2v) is 8.46. The van der Waals surface area contributed by atoms with Gasteiger partial charge in [0.1, 0.15) is 0 Å². The Hall–Kier alpha value is -2.34. The van der Waals surface area contributed by atoms with Gasteiger partial charge in [0.15, 0.2) is 0 Å². The van der Waals surface area contributed by atoms with Gasteiger partial charge in [-0.3, -0.25) is 9.10 Å². The van der Waals surface area contributed by atoms with Crippen molar-refractivity contribution < 1.29 is 13.2 Å². The zero-order chi connectivity index (χ0) is 18.6. The summed E-state index contributed by atoms with van der Waals surface area (Å²) in [6.45, 7) is 3.62. The number of hydrogen-bond donors (Lipinski definition) is 0. The van der Waals surface area contributed by atoms with Gasteiger partial charge in [0.2, 0.25) is 10.0 Å². The Morgan fingerprint density at radius 1 is 1.04 bits per heavy atom. The maximum absolute atomic E-state index is 12.8. The third-order valence-corrected chi connectivity index (χ3v) is 6.51. The van der Waals surface area contributed by atoms with E-state index in [0.717, 1.165) is 12.0 Å². The highest BCUT2D eigenvalue weighted by Gasteiger charge is 2.26. The Morgan fingerprint density at radius 3 is 2.35 bits per heavy atom. The predicted molar refractivity (Wildman–Crippen MR) is 104 cm³/mol. The van der Waals surface area contributed by atoms with Gasteiger partial charge in [-0.15, -0.1) is 0 Å². The van der Waals surface area contributed by atoms with Crippen molar-refractivity contribution in [1.82, 2.24) is 4.90 Å². The molecule has 0 unspecified atom stereocenters. The molecule has 0 N–H and O–H groups in total. The van der Waals surface area contributed by atoms with Crippen LogP contribution >= 0.6 is 0 Å². The highest BCUT2D eigenvalue weighted by molar-refractivity contribution is 7.92. The second-order valence-electron chi connectivity index (χ2n) is 6.45. The summed E-state index contributed by atoms with van der Waals surface area (Å²) in [4.78, 5) is 14.6. The molecule has 1 saturated heterocycles. The number of carbonyl (C=O) groups is 1. The van der Waals surface area contributed by atoms with Crippen LogP contribution in [0.1, 0.15) is 35.7 Å². The van der Waals surface area contributed by atoms with Gasteiger partial charge >= 0.3 is 0 Å². The van der Waals surface area contributed by atoms with E-state index in [-0.39, 0.29) is 11.7 Å². The van der Waals surface area contributed by atoms with Crippen molar-refractivity contribution in [2.24, 2.45) is 0 Å². The van der Waals surface area contributed by atoms with E-state index in [2.05, 4.69) is 0 Å². The SMILES string of the molecule is CCN(Cc1ccccc1)C(=O)c1ccc(N2CCCCS2(=O)=O)cc1. The molecule has 0 radical (unpaired) electrons. The van der Waals surface area contributed by atoms with Gasteiger partial charge in [0, 0.05) is 25.2 Å². The third kappa shape index (κ3) is 4.07. The predicted octanol–water partition coefficient (Wildman–Crippen LogP) is 3.28. The maximum Gasteiger partial charge on any atom is 0.254 e. The lowest BCUT2D eigenvalue weighted by molar-refractivity contribution is 0.0752. The van der Waals surface area contributed by atoms with Crippen molar-refractivity contribution in [2.75, 3.05) is 23.1 Å². The zero-order valence-corrected chi connectivity index (χ0v) is 15.8. The molecule has 0 aromatic heterocycles. The Morgan fingerprint density at radius 2 is 1.73 bits per heavy atom. The van der Waals surface area contributed by atoms with Gasteiger partial charge in [-0.05, 0) is 49.6 Å². The molecule has 6 heteroatoms. The number of carbonyl (C=O) groups excluding carboxylic acids is 1. The molecule has 2 aromatic rings. The largest absolute Gasteiger partial charge is 0.335 e. The minimum Gasteiger partial charge on any atom is -0.335 e. The first kappa shape index (κ1) is 18.5. The van der Waals surface area contributed by atoms with Crippen molar-refractivity contribution in [2.45, 2.75) is 26.3 Å². The number of rotatable bonds is 5. The fraction of sp³-hybridized carbons (Fsp3) is 0.350. The summed E-state index contributed by atoms with van der Waals surface area (Å²) < 4.78 is 25.9. The highest BCUT2D eigenvalue weighted by Crippen LogP contribution is 2.24. The summed E-state index contributed by atoms with van der Waals surface area (Å²) in [5, 5.41) is 0. The average molecular weight is 372 g/mol. The first-order valence-electron chi connectivity index (χ1n) is 8.95. The fourth-order valence-corrected chi connectivity index (χ4v) is 4.80. The van der Waals surface area contributed by atoms with E-state index in [4.69, 9.17) is 0 Å². The topological polar surface area (TPSA) is 57.7 Å². The third-order valence-electron chi connectivity index (χ3n) is 4.64. The smallest absolute Gasteiger partial charge is 0.254 e. The summed E-state index contributed by atoms with van der Waals surface area (Å²) >= 11 is 0. The molecule has 0 bridgehead atoms. The van der Waals surface area contributed by atoms with Crippen LogP contribution in [0.5, 0.6) is 0 Å². The van der Waals surface area contributed by atoms with Crippen LogP contribution in [-0.4, -0.2) is 38.1 Å². The molecule has 2 aromatic carbocycles. The molecule has 1 heterocycles. The van der Waals surface area contributed by atoms with Gasteiger partial charge in [-0.2, -0.15) is 0 Å². The fourth-order valence-electron chi connectivity index (χ4n) is 3.16. The highest BCUT2D eigenvalue weighted by atomic mass is 32.2. The Bertz CT molecular complexity index is 848. The van der Waals surface area contributed by atoms with Gasteiger partial charge in [-0.1, -0.05) is 30.3 Å². The van der Waals surface area contributed by atoms with Crippen molar-refractivity contribution >= 4 is 21.6 Å². The molecular formula is C20H24N2O3S. The van der Waals surface area contributed by atoms with Crippen LogP contribution in [0, 0.1) is 0 Å². The molecule has 1 aliphatic heterocycles. The zero-order valence-electron chi connectivity index (χ0n) is 15.0.